The number of benzene rings is 3. The summed E-state index contributed by atoms with van der Waals surface area (Å²) in [6, 6.07) is 24.4. The van der Waals surface area contributed by atoms with Gasteiger partial charge in [0.2, 0.25) is 5.91 Å². The van der Waals surface area contributed by atoms with E-state index in [0.717, 1.165) is 22.6 Å². The number of ether oxygens (including phenoxy) is 1. The fourth-order valence-electron chi connectivity index (χ4n) is 3.55. The van der Waals surface area contributed by atoms with Crippen molar-refractivity contribution in [1.29, 1.82) is 0 Å². The fourth-order valence-corrected chi connectivity index (χ4v) is 3.55. The van der Waals surface area contributed by atoms with Gasteiger partial charge in [0.25, 0.3) is 5.91 Å². The topological polar surface area (TPSA) is 85.3 Å². The van der Waals surface area contributed by atoms with E-state index < -0.39 is 0 Å². The molecule has 34 heavy (non-hydrogen) atoms. The Morgan fingerprint density at radius 2 is 1.65 bits per heavy atom. The first-order valence-electron chi connectivity index (χ1n) is 11.1. The Hall–Kier alpha value is -4.39. The van der Waals surface area contributed by atoms with Crippen LogP contribution in [-0.2, 0) is 4.79 Å². The van der Waals surface area contributed by atoms with Crippen LogP contribution < -0.4 is 15.4 Å². The first-order valence-corrected chi connectivity index (χ1v) is 11.1. The molecule has 0 saturated carbocycles. The molecule has 0 aliphatic heterocycles. The molecule has 0 spiro atoms. The third-order valence-corrected chi connectivity index (χ3v) is 5.24. The van der Waals surface area contributed by atoms with Gasteiger partial charge in [0.1, 0.15) is 11.4 Å². The van der Waals surface area contributed by atoms with Crippen molar-refractivity contribution in [3.63, 3.8) is 0 Å². The molecule has 2 N–H and O–H groups in total. The van der Waals surface area contributed by atoms with Crippen molar-refractivity contribution >= 4 is 17.5 Å². The van der Waals surface area contributed by atoms with E-state index in [0.29, 0.717) is 23.6 Å². The molecule has 0 atom stereocenters. The number of para-hydroxylation sites is 1. The van der Waals surface area contributed by atoms with E-state index in [1.54, 1.807) is 35.1 Å². The molecule has 4 rings (SSSR count). The van der Waals surface area contributed by atoms with E-state index in [1.807, 2.05) is 68.4 Å². The van der Waals surface area contributed by atoms with E-state index in [4.69, 9.17) is 9.84 Å². The van der Waals surface area contributed by atoms with Crippen LogP contribution in [0.3, 0.4) is 0 Å². The predicted molar refractivity (Wildman–Crippen MR) is 132 cm³/mol. The Morgan fingerprint density at radius 3 is 2.35 bits per heavy atom. The lowest BCUT2D eigenvalue weighted by Gasteiger charge is -2.09. The lowest BCUT2D eigenvalue weighted by molar-refractivity contribution is -0.115. The molecule has 0 aliphatic rings. The number of aryl methyl sites for hydroxylation is 1. The summed E-state index contributed by atoms with van der Waals surface area (Å²) in [7, 11) is 0. The van der Waals surface area contributed by atoms with Gasteiger partial charge in [-0.15, -0.1) is 0 Å². The number of carbonyl (C=O) groups excluding carboxylic acids is 2. The Morgan fingerprint density at radius 1 is 0.941 bits per heavy atom. The Kier molecular flexibility index (Phi) is 7.03. The maximum Gasteiger partial charge on any atom is 0.255 e. The second kappa shape index (κ2) is 10.5. The van der Waals surface area contributed by atoms with E-state index in [1.165, 1.54) is 0 Å². The molecule has 0 unspecified atom stereocenters. The van der Waals surface area contributed by atoms with Crippen molar-refractivity contribution in [1.82, 2.24) is 15.1 Å². The third kappa shape index (κ3) is 5.32. The molecule has 7 heteroatoms. The van der Waals surface area contributed by atoms with Crippen molar-refractivity contribution in [2.45, 2.75) is 13.8 Å². The molecule has 0 saturated heterocycles. The third-order valence-electron chi connectivity index (χ3n) is 5.24. The van der Waals surface area contributed by atoms with Gasteiger partial charge in [-0.25, -0.2) is 4.68 Å². The van der Waals surface area contributed by atoms with Crippen molar-refractivity contribution in [3.05, 3.63) is 96.2 Å². The van der Waals surface area contributed by atoms with Crippen molar-refractivity contribution in [2.24, 2.45) is 0 Å². The largest absolute Gasteiger partial charge is 0.494 e. The molecular formula is C27H26N4O3. The van der Waals surface area contributed by atoms with Gasteiger partial charge in [-0.1, -0.05) is 42.5 Å². The summed E-state index contributed by atoms with van der Waals surface area (Å²) in [6.07, 6.45) is 1.69. The van der Waals surface area contributed by atoms with Crippen LogP contribution in [-0.4, -0.2) is 34.7 Å². The second-order valence-electron chi connectivity index (χ2n) is 7.67. The molecule has 2 amide bonds. The number of anilines is 1. The number of carbonyl (C=O) groups is 2. The van der Waals surface area contributed by atoms with Crippen molar-refractivity contribution < 1.29 is 14.3 Å². The quantitative estimate of drug-likeness (QED) is 0.407. The molecular weight excluding hydrogens is 428 g/mol. The summed E-state index contributed by atoms with van der Waals surface area (Å²) < 4.78 is 7.08. The van der Waals surface area contributed by atoms with Crippen LogP contribution >= 0.6 is 0 Å². The molecule has 0 aliphatic carbocycles. The minimum atomic E-state index is -0.373. The van der Waals surface area contributed by atoms with Crippen molar-refractivity contribution in [3.8, 4) is 22.7 Å². The number of amides is 2. The maximum atomic E-state index is 13.1. The number of hydrogen-bond acceptors (Lipinski definition) is 4. The summed E-state index contributed by atoms with van der Waals surface area (Å²) in [5.74, 6) is 0.0284. The van der Waals surface area contributed by atoms with Gasteiger partial charge in [-0.05, 0) is 55.8 Å². The van der Waals surface area contributed by atoms with E-state index in [9.17, 15) is 9.59 Å². The average Bonchev–Trinajstić information content (AvgIpc) is 3.30. The van der Waals surface area contributed by atoms with E-state index in [2.05, 4.69) is 10.6 Å². The summed E-state index contributed by atoms with van der Waals surface area (Å²) in [5, 5.41) is 10.2. The lowest BCUT2D eigenvalue weighted by Crippen LogP contribution is -2.33. The minimum Gasteiger partial charge on any atom is -0.494 e. The molecule has 0 radical (unpaired) electrons. The van der Waals surface area contributed by atoms with Crippen molar-refractivity contribution in [2.75, 3.05) is 18.5 Å². The number of aromatic nitrogens is 2. The van der Waals surface area contributed by atoms with Crippen LogP contribution in [0.2, 0.25) is 0 Å². The van der Waals surface area contributed by atoms with Crippen LogP contribution in [0.25, 0.3) is 16.9 Å². The highest BCUT2D eigenvalue weighted by atomic mass is 16.5. The van der Waals surface area contributed by atoms with Gasteiger partial charge in [0.05, 0.1) is 24.4 Å². The second-order valence-corrected chi connectivity index (χ2v) is 7.67. The number of hydrogen-bond donors (Lipinski definition) is 2. The molecule has 7 nitrogen and oxygen atoms in total. The zero-order valence-corrected chi connectivity index (χ0v) is 19.1. The predicted octanol–water partition coefficient (Wildman–Crippen LogP) is 4.61. The summed E-state index contributed by atoms with van der Waals surface area (Å²) >= 11 is 0. The smallest absolute Gasteiger partial charge is 0.255 e. The van der Waals surface area contributed by atoms with Crippen LogP contribution in [0.4, 0.5) is 5.69 Å². The van der Waals surface area contributed by atoms with E-state index in [-0.39, 0.29) is 18.4 Å². The van der Waals surface area contributed by atoms with Crippen LogP contribution in [0.15, 0.2) is 85.1 Å². The van der Waals surface area contributed by atoms with Crippen LogP contribution in [0.5, 0.6) is 5.75 Å². The molecule has 1 heterocycles. The highest BCUT2D eigenvalue weighted by Gasteiger charge is 2.20. The van der Waals surface area contributed by atoms with Crippen LogP contribution in [0, 0.1) is 6.92 Å². The monoisotopic (exact) mass is 454 g/mol. The highest BCUT2D eigenvalue weighted by Crippen LogP contribution is 2.26. The van der Waals surface area contributed by atoms with Gasteiger partial charge in [-0.3, -0.25) is 9.59 Å². The molecule has 172 valence electrons. The maximum absolute atomic E-state index is 13.1. The normalized spacial score (nSPS) is 10.5. The minimum absolute atomic E-state index is 0.171. The first-order chi connectivity index (χ1) is 16.5. The van der Waals surface area contributed by atoms with Gasteiger partial charge in [0, 0.05) is 17.4 Å². The number of rotatable bonds is 8. The average molecular weight is 455 g/mol. The molecule has 3 aromatic carbocycles. The zero-order chi connectivity index (χ0) is 23.9. The van der Waals surface area contributed by atoms with Gasteiger partial charge < -0.3 is 15.4 Å². The lowest BCUT2D eigenvalue weighted by atomic mass is 10.0. The van der Waals surface area contributed by atoms with Gasteiger partial charge in [0.15, 0.2) is 0 Å². The first kappa shape index (κ1) is 22.8. The Bertz CT molecular complexity index is 1280. The highest BCUT2D eigenvalue weighted by molar-refractivity contribution is 6.03. The van der Waals surface area contributed by atoms with Gasteiger partial charge in [-0.2, -0.15) is 5.10 Å². The SMILES string of the molecule is CCOc1ccc(NC(=O)CNC(=O)c2cn(-c3ccccc3)nc2-c2ccccc2C)cc1. The van der Waals surface area contributed by atoms with Gasteiger partial charge >= 0.3 is 0 Å². The molecule has 0 bridgehead atoms. The summed E-state index contributed by atoms with van der Waals surface area (Å²) in [4.78, 5) is 25.5. The van der Waals surface area contributed by atoms with E-state index >= 15 is 0 Å². The standard InChI is InChI=1S/C27H26N4O3/c1-3-34-22-15-13-20(14-16-22)29-25(32)17-28-27(33)24-18-31(21-10-5-4-6-11-21)30-26(24)23-12-8-7-9-19(23)2/h4-16,18H,3,17H2,1-2H3,(H,28,33)(H,29,32). The fraction of sp³-hybridized carbons (Fsp3) is 0.148. The Labute approximate surface area is 198 Å². The zero-order valence-electron chi connectivity index (χ0n) is 19.1. The molecule has 1 aromatic heterocycles. The Balaban J connectivity index is 1.51. The molecule has 4 aromatic rings. The summed E-state index contributed by atoms with van der Waals surface area (Å²) in [6.45, 7) is 4.29. The summed E-state index contributed by atoms with van der Waals surface area (Å²) in [5.41, 5.74) is 4.28. The number of nitrogens with one attached hydrogen (secondary N) is 2. The number of nitrogens with zero attached hydrogens (tertiary/aromatic N) is 2. The van der Waals surface area contributed by atoms with Crippen LogP contribution in [0.1, 0.15) is 22.8 Å². The molecule has 0 fully saturated rings.